The molecule has 0 spiro atoms. The average molecular weight is 323 g/mol. The summed E-state index contributed by atoms with van der Waals surface area (Å²) in [4.78, 5) is 10.3. The maximum absolute atomic E-state index is 5.04. The van der Waals surface area contributed by atoms with Crippen LogP contribution in [0.1, 0.15) is 5.82 Å². The first-order valence-corrected chi connectivity index (χ1v) is 7.81. The molecule has 0 bridgehead atoms. The molecule has 0 unspecified atom stereocenters. The Bertz CT molecular complexity index is 797. The van der Waals surface area contributed by atoms with Crippen LogP contribution >= 0.6 is 0 Å². The molecule has 8 heteroatoms. The van der Waals surface area contributed by atoms with Gasteiger partial charge in [-0.25, -0.2) is 0 Å². The smallest absolute Gasteiger partial charge is 0.321 e. The number of nitrogens with one attached hydrogen (secondary N) is 1. The molecule has 0 aromatic carbocycles. The van der Waals surface area contributed by atoms with Gasteiger partial charge in [-0.05, 0) is 31.2 Å². The quantitative estimate of drug-likeness (QED) is 0.759. The summed E-state index contributed by atoms with van der Waals surface area (Å²) in [5.41, 5.74) is 1.87. The molecule has 0 amide bonds. The summed E-state index contributed by atoms with van der Waals surface area (Å²) in [7, 11) is 0. The third kappa shape index (κ3) is 3.03. The Balaban J connectivity index is 1.30. The van der Waals surface area contributed by atoms with E-state index in [2.05, 4.69) is 35.5 Å². The Hall–Kier alpha value is -3.03. The number of rotatable bonds is 5. The fourth-order valence-electron chi connectivity index (χ4n) is 2.66. The van der Waals surface area contributed by atoms with Crippen molar-refractivity contribution >= 4 is 11.8 Å². The van der Waals surface area contributed by atoms with Crippen LogP contribution in [0.2, 0.25) is 0 Å². The monoisotopic (exact) mass is 323 g/mol. The molecule has 4 heterocycles. The molecular weight excluding hydrogens is 306 g/mol. The van der Waals surface area contributed by atoms with E-state index in [-0.39, 0.29) is 0 Å². The van der Waals surface area contributed by atoms with Gasteiger partial charge in [0.15, 0.2) is 11.6 Å². The standard InChI is InChI=1S/C16H17N7O/c1-11-19-16(24-22-11)18-8-12-9-23(10-12)15-3-2-14(20-21-15)13-4-6-17-7-5-13/h2-7,12H,8-10H2,1H3,(H,18,19,22). The lowest BCUT2D eigenvalue weighted by atomic mass is 10.0. The Morgan fingerprint density at radius 2 is 2.00 bits per heavy atom. The van der Waals surface area contributed by atoms with E-state index in [0.717, 1.165) is 36.7 Å². The van der Waals surface area contributed by atoms with Crippen LogP contribution in [0.15, 0.2) is 41.2 Å². The minimum atomic E-state index is 0.479. The van der Waals surface area contributed by atoms with Crippen LogP contribution in [-0.2, 0) is 0 Å². The molecule has 3 aromatic heterocycles. The molecule has 0 radical (unpaired) electrons. The summed E-state index contributed by atoms with van der Waals surface area (Å²) in [6.45, 7) is 4.47. The molecule has 122 valence electrons. The first kappa shape index (κ1) is 14.6. The van der Waals surface area contributed by atoms with Crippen molar-refractivity contribution in [2.45, 2.75) is 6.92 Å². The zero-order valence-corrected chi connectivity index (χ0v) is 13.3. The number of hydrogen-bond donors (Lipinski definition) is 1. The maximum Gasteiger partial charge on any atom is 0.321 e. The fraction of sp³-hybridized carbons (Fsp3) is 0.312. The predicted octanol–water partition coefficient (Wildman–Crippen LogP) is 1.78. The van der Waals surface area contributed by atoms with E-state index in [1.165, 1.54) is 0 Å². The number of aromatic nitrogens is 5. The number of anilines is 2. The summed E-state index contributed by atoms with van der Waals surface area (Å²) in [5.74, 6) is 2.06. The van der Waals surface area contributed by atoms with Crippen molar-refractivity contribution in [3.8, 4) is 11.3 Å². The summed E-state index contributed by atoms with van der Waals surface area (Å²) in [5, 5.41) is 15.5. The zero-order chi connectivity index (χ0) is 16.4. The van der Waals surface area contributed by atoms with Gasteiger partial charge in [-0.15, -0.1) is 10.2 Å². The van der Waals surface area contributed by atoms with Gasteiger partial charge in [-0.2, -0.15) is 4.98 Å². The molecular formula is C16H17N7O. The average Bonchev–Trinajstić information content (AvgIpc) is 3.00. The molecule has 0 atom stereocenters. The molecule has 4 rings (SSSR count). The highest BCUT2D eigenvalue weighted by atomic mass is 16.5. The first-order chi connectivity index (χ1) is 11.8. The molecule has 1 aliphatic rings. The first-order valence-electron chi connectivity index (χ1n) is 7.81. The van der Waals surface area contributed by atoms with E-state index < -0.39 is 0 Å². The van der Waals surface area contributed by atoms with Gasteiger partial charge in [0.2, 0.25) is 0 Å². The van der Waals surface area contributed by atoms with E-state index in [0.29, 0.717) is 17.8 Å². The van der Waals surface area contributed by atoms with Crippen molar-refractivity contribution in [1.82, 2.24) is 25.3 Å². The molecule has 0 aliphatic carbocycles. The van der Waals surface area contributed by atoms with Crippen molar-refractivity contribution in [2.75, 3.05) is 29.9 Å². The summed E-state index contributed by atoms with van der Waals surface area (Å²) < 4.78 is 5.04. The lowest BCUT2D eigenvalue weighted by Crippen LogP contribution is -2.50. The van der Waals surface area contributed by atoms with Gasteiger partial charge in [-0.3, -0.25) is 4.98 Å². The van der Waals surface area contributed by atoms with Crippen LogP contribution in [0.5, 0.6) is 0 Å². The zero-order valence-electron chi connectivity index (χ0n) is 13.3. The number of hydrogen-bond acceptors (Lipinski definition) is 8. The SMILES string of the molecule is Cc1noc(NCC2CN(c3ccc(-c4ccncc4)nn3)C2)n1. The summed E-state index contributed by atoms with van der Waals surface area (Å²) in [6.07, 6.45) is 3.51. The molecule has 3 aromatic rings. The summed E-state index contributed by atoms with van der Waals surface area (Å²) in [6, 6.07) is 8.33. The second kappa shape index (κ2) is 6.23. The minimum Gasteiger partial charge on any atom is -0.354 e. The topological polar surface area (TPSA) is 92.9 Å². The van der Waals surface area contributed by atoms with Gasteiger partial charge in [-0.1, -0.05) is 5.16 Å². The Labute approximate surface area is 138 Å². The largest absolute Gasteiger partial charge is 0.354 e. The van der Waals surface area contributed by atoms with E-state index in [9.17, 15) is 0 Å². The predicted molar refractivity (Wildman–Crippen MR) is 88.5 cm³/mol. The molecule has 1 aliphatic heterocycles. The molecule has 1 saturated heterocycles. The number of pyridine rings is 1. The minimum absolute atomic E-state index is 0.479. The van der Waals surface area contributed by atoms with Gasteiger partial charge in [0.1, 0.15) is 0 Å². The second-order valence-electron chi connectivity index (χ2n) is 5.81. The third-order valence-corrected chi connectivity index (χ3v) is 3.98. The van der Waals surface area contributed by atoms with E-state index in [1.54, 1.807) is 19.3 Å². The van der Waals surface area contributed by atoms with Crippen molar-refractivity contribution in [3.05, 3.63) is 42.5 Å². The number of nitrogens with zero attached hydrogens (tertiary/aromatic N) is 6. The lowest BCUT2D eigenvalue weighted by molar-refractivity contribution is 0.401. The highest BCUT2D eigenvalue weighted by Crippen LogP contribution is 2.24. The van der Waals surface area contributed by atoms with Crippen LogP contribution in [0.4, 0.5) is 11.8 Å². The van der Waals surface area contributed by atoms with Crippen LogP contribution in [0, 0.1) is 12.8 Å². The Morgan fingerprint density at radius 1 is 1.17 bits per heavy atom. The Kier molecular flexibility index (Phi) is 3.78. The van der Waals surface area contributed by atoms with Gasteiger partial charge in [0.05, 0.1) is 5.69 Å². The van der Waals surface area contributed by atoms with Crippen molar-refractivity contribution in [1.29, 1.82) is 0 Å². The van der Waals surface area contributed by atoms with Crippen molar-refractivity contribution in [2.24, 2.45) is 5.92 Å². The second-order valence-corrected chi connectivity index (χ2v) is 5.81. The molecule has 8 nitrogen and oxygen atoms in total. The Morgan fingerprint density at radius 3 is 2.67 bits per heavy atom. The lowest BCUT2D eigenvalue weighted by Gasteiger charge is -2.39. The van der Waals surface area contributed by atoms with E-state index in [4.69, 9.17) is 4.52 Å². The van der Waals surface area contributed by atoms with Crippen LogP contribution in [-0.4, -0.2) is 45.0 Å². The molecule has 1 fully saturated rings. The normalized spacial score (nSPS) is 14.5. The summed E-state index contributed by atoms with van der Waals surface area (Å²) >= 11 is 0. The van der Waals surface area contributed by atoms with E-state index in [1.807, 2.05) is 24.3 Å². The van der Waals surface area contributed by atoms with Gasteiger partial charge < -0.3 is 14.7 Å². The van der Waals surface area contributed by atoms with Crippen LogP contribution in [0.3, 0.4) is 0 Å². The molecule has 0 saturated carbocycles. The van der Waals surface area contributed by atoms with Gasteiger partial charge >= 0.3 is 6.01 Å². The van der Waals surface area contributed by atoms with Gasteiger partial charge in [0, 0.05) is 43.5 Å². The van der Waals surface area contributed by atoms with Crippen LogP contribution in [0.25, 0.3) is 11.3 Å². The van der Waals surface area contributed by atoms with Crippen molar-refractivity contribution in [3.63, 3.8) is 0 Å². The maximum atomic E-state index is 5.04. The van der Waals surface area contributed by atoms with E-state index >= 15 is 0 Å². The molecule has 1 N–H and O–H groups in total. The molecule has 24 heavy (non-hydrogen) atoms. The van der Waals surface area contributed by atoms with Crippen molar-refractivity contribution < 1.29 is 4.52 Å². The highest BCUT2D eigenvalue weighted by Gasteiger charge is 2.28. The number of aryl methyl sites for hydroxylation is 1. The fourth-order valence-corrected chi connectivity index (χ4v) is 2.66. The van der Waals surface area contributed by atoms with Crippen LogP contribution < -0.4 is 10.2 Å². The third-order valence-electron chi connectivity index (χ3n) is 3.98. The van der Waals surface area contributed by atoms with Gasteiger partial charge in [0.25, 0.3) is 0 Å². The highest BCUT2D eigenvalue weighted by molar-refractivity contribution is 5.59.